The summed E-state index contributed by atoms with van der Waals surface area (Å²) in [5, 5.41) is 0. The van der Waals surface area contributed by atoms with Gasteiger partial charge in [-0.1, -0.05) is 113 Å². The molecular formula is C29H22BrN. The van der Waals surface area contributed by atoms with E-state index >= 15 is 0 Å². The van der Waals surface area contributed by atoms with Gasteiger partial charge in [0.15, 0.2) is 0 Å². The van der Waals surface area contributed by atoms with E-state index in [1.54, 1.807) is 0 Å². The van der Waals surface area contributed by atoms with E-state index in [0.29, 0.717) is 4.83 Å². The lowest BCUT2D eigenvalue weighted by Crippen LogP contribution is -1.99. The number of hydrogen-bond donors (Lipinski definition) is 0. The largest absolute Gasteiger partial charge is 0.248 e. The molecule has 0 radical (unpaired) electrons. The second kappa shape index (κ2) is 8.87. The highest BCUT2D eigenvalue weighted by atomic mass is 79.9. The van der Waals surface area contributed by atoms with Gasteiger partial charge < -0.3 is 0 Å². The fourth-order valence-electron chi connectivity index (χ4n) is 3.96. The molecule has 1 aliphatic rings. The SMILES string of the molecule is BrC1C=CC=C(c2cccc(-c3cc(-c4ccccc4)cc(-c4ccccc4)n3)c2)C1. The van der Waals surface area contributed by atoms with Crippen LogP contribution in [0.2, 0.25) is 0 Å². The zero-order valence-electron chi connectivity index (χ0n) is 17.1. The Kier molecular flexibility index (Phi) is 5.64. The van der Waals surface area contributed by atoms with Gasteiger partial charge in [0, 0.05) is 16.0 Å². The molecule has 1 aliphatic carbocycles. The number of alkyl halides is 1. The van der Waals surface area contributed by atoms with E-state index in [0.717, 1.165) is 28.9 Å². The normalized spacial score (nSPS) is 15.5. The lowest BCUT2D eigenvalue weighted by atomic mass is 9.94. The summed E-state index contributed by atoms with van der Waals surface area (Å²) in [6, 6.07) is 34.0. The zero-order valence-corrected chi connectivity index (χ0v) is 18.7. The molecule has 1 unspecified atom stereocenters. The predicted molar refractivity (Wildman–Crippen MR) is 135 cm³/mol. The number of halogens is 1. The van der Waals surface area contributed by atoms with Gasteiger partial charge in [-0.3, -0.25) is 0 Å². The number of nitrogens with zero attached hydrogens (tertiary/aromatic N) is 1. The van der Waals surface area contributed by atoms with Crippen LogP contribution in [0.1, 0.15) is 12.0 Å². The van der Waals surface area contributed by atoms with E-state index in [4.69, 9.17) is 4.98 Å². The first-order valence-corrected chi connectivity index (χ1v) is 11.4. The fraction of sp³-hybridized carbons (Fsp3) is 0.0690. The fourth-order valence-corrected chi connectivity index (χ4v) is 4.49. The van der Waals surface area contributed by atoms with Gasteiger partial charge in [-0.15, -0.1) is 0 Å². The summed E-state index contributed by atoms with van der Waals surface area (Å²) in [4.78, 5) is 5.45. The van der Waals surface area contributed by atoms with Crippen LogP contribution in [0.25, 0.3) is 39.2 Å². The standard InChI is InChI=1S/C29H22BrN/c30-27-16-8-14-24(18-27)23-13-7-15-25(17-23)29-20-26(21-9-3-1-4-10-21)19-28(31-29)22-11-5-2-6-12-22/h1-17,19-20,27H,18H2. The van der Waals surface area contributed by atoms with Crippen molar-refractivity contribution in [1.29, 1.82) is 0 Å². The molecule has 0 amide bonds. The quantitative estimate of drug-likeness (QED) is 0.278. The van der Waals surface area contributed by atoms with Gasteiger partial charge in [-0.2, -0.15) is 0 Å². The van der Waals surface area contributed by atoms with Crippen molar-refractivity contribution in [2.45, 2.75) is 11.2 Å². The Balaban J connectivity index is 1.63. The maximum atomic E-state index is 5.06. The minimum atomic E-state index is 0.389. The summed E-state index contributed by atoms with van der Waals surface area (Å²) in [5.41, 5.74) is 9.20. The van der Waals surface area contributed by atoms with Crippen molar-refractivity contribution < 1.29 is 0 Å². The first kappa shape index (κ1) is 19.7. The minimum Gasteiger partial charge on any atom is -0.248 e. The van der Waals surface area contributed by atoms with Gasteiger partial charge in [-0.25, -0.2) is 4.98 Å². The molecule has 0 N–H and O–H groups in total. The minimum absolute atomic E-state index is 0.389. The Morgan fingerprint density at radius 2 is 1.23 bits per heavy atom. The number of hydrogen-bond acceptors (Lipinski definition) is 1. The Bertz CT molecular complexity index is 1200. The van der Waals surface area contributed by atoms with Crippen LogP contribution in [0, 0.1) is 0 Å². The van der Waals surface area contributed by atoms with E-state index < -0.39 is 0 Å². The summed E-state index contributed by atoms with van der Waals surface area (Å²) in [5.74, 6) is 0. The van der Waals surface area contributed by atoms with Crippen molar-refractivity contribution >= 4 is 21.5 Å². The van der Waals surface area contributed by atoms with Crippen molar-refractivity contribution in [3.8, 4) is 33.6 Å². The summed E-state index contributed by atoms with van der Waals surface area (Å²) >= 11 is 3.72. The Morgan fingerprint density at radius 3 is 1.94 bits per heavy atom. The first-order chi connectivity index (χ1) is 15.3. The second-order valence-electron chi connectivity index (χ2n) is 7.74. The highest BCUT2D eigenvalue weighted by Crippen LogP contribution is 2.33. The molecule has 0 bridgehead atoms. The molecule has 0 saturated carbocycles. The van der Waals surface area contributed by atoms with Crippen LogP contribution < -0.4 is 0 Å². The molecule has 0 fully saturated rings. The molecule has 4 aromatic rings. The highest BCUT2D eigenvalue weighted by Gasteiger charge is 2.13. The molecule has 0 aliphatic heterocycles. The molecule has 31 heavy (non-hydrogen) atoms. The Hall–Kier alpha value is -3.23. The van der Waals surface area contributed by atoms with E-state index in [2.05, 4.69) is 125 Å². The Labute approximate surface area is 191 Å². The molecule has 2 heteroatoms. The second-order valence-corrected chi connectivity index (χ2v) is 8.91. The Morgan fingerprint density at radius 1 is 0.613 bits per heavy atom. The smallest absolute Gasteiger partial charge is 0.0715 e. The summed E-state index contributed by atoms with van der Waals surface area (Å²) in [7, 11) is 0. The molecule has 0 saturated heterocycles. The van der Waals surface area contributed by atoms with Crippen LogP contribution >= 0.6 is 15.9 Å². The third kappa shape index (κ3) is 4.45. The third-order valence-electron chi connectivity index (χ3n) is 5.56. The maximum absolute atomic E-state index is 5.06. The maximum Gasteiger partial charge on any atom is 0.0715 e. The van der Waals surface area contributed by atoms with Gasteiger partial charge in [0.25, 0.3) is 0 Å². The van der Waals surface area contributed by atoms with Crippen molar-refractivity contribution in [2.24, 2.45) is 0 Å². The van der Waals surface area contributed by atoms with Crippen LogP contribution in [0.5, 0.6) is 0 Å². The van der Waals surface area contributed by atoms with Crippen molar-refractivity contribution in [3.05, 3.63) is 121 Å². The first-order valence-electron chi connectivity index (χ1n) is 10.5. The van der Waals surface area contributed by atoms with E-state index in [-0.39, 0.29) is 0 Å². The lowest BCUT2D eigenvalue weighted by Gasteiger charge is -2.15. The van der Waals surface area contributed by atoms with Gasteiger partial charge in [0.2, 0.25) is 0 Å². The van der Waals surface area contributed by atoms with Gasteiger partial charge in [-0.05, 0) is 46.9 Å². The zero-order chi connectivity index (χ0) is 21.0. The van der Waals surface area contributed by atoms with E-state index in [1.807, 2.05) is 6.07 Å². The molecule has 150 valence electrons. The van der Waals surface area contributed by atoms with Crippen LogP contribution in [0.4, 0.5) is 0 Å². The van der Waals surface area contributed by atoms with Crippen LogP contribution in [-0.4, -0.2) is 9.81 Å². The number of rotatable bonds is 4. The van der Waals surface area contributed by atoms with Gasteiger partial charge in [0.1, 0.15) is 0 Å². The summed E-state index contributed by atoms with van der Waals surface area (Å²) < 4.78 is 0. The van der Waals surface area contributed by atoms with Crippen molar-refractivity contribution in [1.82, 2.24) is 4.98 Å². The third-order valence-corrected chi connectivity index (χ3v) is 6.19. The number of pyridine rings is 1. The van der Waals surface area contributed by atoms with Crippen LogP contribution in [-0.2, 0) is 0 Å². The summed E-state index contributed by atoms with van der Waals surface area (Å²) in [6.07, 6.45) is 7.52. The van der Waals surface area contributed by atoms with Crippen LogP contribution in [0.3, 0.4) is 0 Å². The topological polar surface area (TPSA) is 12.9 Å². The average Bonchev–Trinajstić information content (AvgIpc) is 2.85. The molecule has 1 heterocycles. The molecule has 1 nitrogen and oxygen atoms in total. The highest BCUT2D eigenvalue weighted by molar-refractivity contribution is 9.09. The molecule has 1 atom stereocenters. The summed E-state index contributed by atoms with van der Waals surface area (Å²) in [6.45, 7) is 0. The predicted octanol–water partition coefficient (Wildman–Crippen LogP) is 8.19. The number of benzene rings is 3. The van der Waals surface area contributed by atoms with Crippen LogP contribution in [0.15, 0.2) is 115 Å². The van der Waals surface area contributed by atoms with Crippen molar-refractivity contribution in [3.63, 3.8) is 0 Å². The van der Waals surface area contributed by atoms with Gasteiger partial charge in [0.05, 0.1) is 11.4 Å². The van der Waals surface area contributed by atoms with Crippen molar-refractivity contribution in [2.75, 3.05) is 0 Å². The van der Waals surface area contributed by atoms with Gasteiger partial charge >= 0.3 is 0 Å². The van der Waals surface area contributed by atoms with E-state index in [1.165, 1.54) is 22.3 Å². The molecule has 1 aromatic heterocycles. The molecule has 5 rings (SSSR count). The number of aromatic nitrogens is 1. The van der Waals surface area contributed by atoms with E-state index in [9.17, 15) is 0 Å². The molecule has 3 aromatic carbocycles. The average molecular weight is 464 g/mol. The lowest BCUT2D eigenvalue weighted by molar-refractivity contribution is 1.09. The number of allylic oxidation sites excluding steroid dienone is 4. The monoisotopic (exact) mass is 463 g/mol. The molecule has 0 spiro atoms. The molecular weight excluding hydrogens is 442 g/mol.